The third-order valence-corrected chi connectivity index (χ3v) is 4.11. The molecule has 2 aliphatic rings. The summed E-state index contributed by atoms with van der Waals surface area (Å²) in [6.07, 6.45) is 8.61. The van der Waals surface area contributed by atoms with Crippen LogP contribution in [0, 0.1) is 0 Å². The molecule has 2 aliphatic carbocycles. The van der Waals surface area contributed by atoms with Gasteiger partial charge in [-0.25, -0.2) is 0 Å². The van der Waals surface area contributed by atoms with Gasteiger partial charge < -0.3 is 10.3 Å². The van der Waals surface area contributed by atoms with Crippen molar-refractivity contribution in [2.75, 3.05) is 6.54 Å². The van der Waals surface area contributed by atoms with Crippen LogP contribution in [0.25, 0.3) is 0 Å². The largest absolute Gasteiger partial charge is 0.339 e. The van der Waals surface area contributed by atoms with E-state index >= 15 is 0 Å². The van der Waals surface area contributed by atoms with Crippen molar-refractivity contribution in [2.45, 2.75) is 56.3 Å². The van der Waals surface area contributed by atoms with Gasteiger partial charge in [-0.05, 0) is 25.7 Å². The summed E-state index contributed by atoms with van der Waals surface area (Å²) >= 11 is 0. The zero-order chi connectivity index (χ0) is 11.0. The Morgan fingerprint density at radius 2 is 2.00 bits per heavy atom. The molecule has 0 unspecified atom stereocenters. The number of rotatable bonds is 3. The normalized spacial score (nSPS) is 24.6. The highest BCUT2D eigenvalue weighted by Crippen LogP contribution is 2.46. The van der Waals surface area contributed by atoms with E-state index in [1.54, 1.807) is 0 Å². The van der Waals surface area contributed by atoms with Crippen molar-refractivity contribution < 1.29 is 4.52 Å². The molecule has 0 spiro atoms. The van der Waals surface area contributed by atoms with E-state index in [0.29, 0.717) is 12.5 Å². The van der Waals surface area contributed by atoms with Gasteiger partial charge in [0.25, 0.3) is 0 Å². The molecule has 4 heteroatoms. The fraction of sp³-hybridized carbons (Fsp3) is 0.833. The fourth-order valence-electron chi connectivity index (χ4n) is 2.63. The van der Waals surface area contributed by atoms with Crippen molar-refractivity contribution >= 4 is 0 Å². The number of hydrogen-bond donors (Lipinski definition) is 1. The van der Waals surface area contributed by atoms with Crippen molar-refractivity contribution in [2.24, 2.45) is 5.73 Å². The molecule has 3 rings (SSSR count). The highest BCUT2D eigenvalue weighted by molar-refractivity contribution is 5.17. The maximum Gasteiger partial charge on any atom is 0.234 e. The van der Waals surface area contributed by atoms with Crippen molar-refractivity contribution in [3.8, 4) is 0 Å². The molecule has 0 aromatic carbocycles. The van der Waals surface area contributed by atoms with E-state index in [0.717, 1.165) is 24.6 Å². The molecule has 88 valence electrons. The van der Waals surface area contributed by atoms with Gasteiger partial charge in [0, 0.05) is 12.5 Å². The lowest BCUT2D eigenvalue weighted by Gasteiger charge is -2.17. The van der Waals surface area contributed by atoms with Gasteiger partial charge in [0.05, 0.1) is 5.41 Å². The number of nitrogens with zero attached hydrogens (tertiary/aromatic N) is 2. The van der Waals surface area contributed by atoms with Gasteiger partial charge in [0.1, 0.15) is 0 Å². The molecule has 0 aliphatic heterocycles. The summed E-state index contributed by atoms with van der Waals surface area (Å²) in [6.45, 7) is 0.638. The predicted octanol–water partition coefficient (Wildman–Crippen LogP) is 2.11. The second-order valence-corrected chi connectivity index (χ2v) is 5.28. The van der Waals surface area contributed by atoms with Crippen LogP contribution in [0.15, 0.2) is 4.52 Å². The molecule has 0 atom stereocenters. The summed E-state index contributed by atoms with van der Waals surface area (Å²) in [5, 5.41) is 4.15. The minimum atomic E-state index is 0.0416. The Morgan fingerprint density at radius 3 is 2.62 bits per heavy atom. The van der Waals surface area contributed by atoms with Crippen LogP contribution in [0.1, 0.15) is 62.6 Å². The van der Waals surface area contributed by atoms with Crippen LogP contribution < -0.4 is 5.73 Å². The lowest BCUT2D eigenvalue weighted by molar-refractivity contribution is 0.335. The summed E-state index contributed by atoms with van der Waals surface area (Å²) in [4.78, 5) is 4.58. The third-order valence-electron chi connectivity index (χ3n) is 4.11. The molecule has 1 aromatic rings. The van der Waals surface area contributed by atoms with Crippen LogP contribution in [-0.4, -0.2) is 16.7 Å². The molecular formula is C12H19N3O. The first-order valence-corrected chi connectivity index (χ1v) is 6.38. The van der Waals surface area contributed by atoms with Gasteiger partial charge in [0.15, 0.2) is 5.82 Å². The first-order chi connectivity index (χ1) is 7.84. The zero-order valence-corrected chi connectivity index (χ0v) is 9.61. The standard InChI is InChI=1S/C12H19N3O/c13-8-12(6-7-12)11-14-10(15-16-11)9-4-2-1-3-5-9/h9H,1-8,13H2. The van der Waals surface area contributed by atoms with E-state index in [2.05, 4.69) is 10.1 Å². The van der Waals surface area contributed by atoms with Crippen LogP contribution in [0.3, 0.4) is 0 Å². The summed E-state index contributed by atoms with van der Waals surface area (Å²) < 4.78 is 5.39. The quantitative estimate of drug-likeness (QED) is 0.849. The van der Waals surface area contributed by atoms with Crippen LogP contribution in [0.2, 0.25) is 0 Å². The first kappa shape index (κ1) is 10.3. The zero-order valence-electron chi connectivity index (χ0n) is 9.61. The smallest absolute Gasteiger partial charge is 0.234 e. The van der Waals surface area contributed by atoms with Crippen molar-refractivity contribution in [1.82, 2.24) is 10.1 Å². The monoisotopic (exact) mass is 221 g/mol. The summed E-state index contributed by atoms with van der Waals surface area (Å²) in [5.41, 5.74) is 5.80. The molecule has 4 nitrogen and oxygen atoms in total. The molecule has 2 saturated carbocycles. The third kappa shape index (κ3) is 1.65. The van der Waals surface area contributed by atoms with Crippen LogP contribution in [-0.2, 0) is 5.41 Å². The van der Waals surface area contributed by atoms with Crippen molar-refractivity contribution in [3.05, 3.63) is 11.7 Å². The maximum absolute atomic E-state index is 5.76. The van der Waals surface area contributed by atoms with Gasteiger partial charge in [-0.3, -0.25) is 0 Å². The van der Waals surface area contributed by atoms with E-state index < -0.39 is 0 Å². The predicted molar refractivity (Wildman–Crippen MR) is 60.1 cm³/mol. The molecule has 1 heterocycles. The topological polar surface area (TPSA) is 64.9 Å². The second-order valence-electron chi connectivity index (χ2n) is 5.28. The summed E-state index contributed by atoms with van der Waals surface area (Å²) in [6, 6.07) is 0. The molecule has 2 N–H and O–H groups in total. The van der Waals surface area contributed by atoms with Crippen LogP contribution in [0.4, 0.5) is 0 Å². The average molecular weight is 221 g/mol. The van der Waals surface area contributed by atoms with Gasteiger partial charge >= 0.3 is 0 Å². The Labute approximate surface area is 95.6 Å². The summed E-state index contributed by atoms with van der Waals surface area (Å²) in [5.74, 6) is 2.24. The lowest BCUT2D eigenvalue weighted by atomic mass is 9.89. The molecule has 1 aromatic heterocycles. The molecule has 0 saturated heterocycles. The Bertz CT molecular complexity index is 364. The van der Waals surface area contributed by atoms with Crippen molar-refractivity contribution in [3.63, 3.8) is 0 Å². The Hall–Kier alpha value is -0.900. The van der Waals surface area contributed by atoms with E-state index in [1.807, 2.05) is 0 Å². The first-order valence-electron chi connectivity index (χ1n) is 6.38. The van der Waals surface area contributed by atoms with Crippen LogP contribution in [0.5, 0.6) is 0 Å². The van der Waals surface area contributed by atoms with Crippen LogP contribution >= 0.6 is 0 Å². The summed E-state index contributed by atoms with van der Waals surface area (Å²) in [7, 11) is 0. The van der Waals surface area contributed by atoms with E-state index in [1.165, 1.54) is 32.1 Å². The number of aromatic nitrogens is 2. The minimum Gasteiger partial charge on any atom is -0.339 e. The number of nitrogens with two attached hydrogens (primary N) is 1. The highest BCUT2D eigenvalue weighted by Gasteiger charge is 2.48. The molecule has 0 amide bonds. The fourth-order valence-corrected chi connectivity index (χ4v) is 2.63. The molecular weight excluding hydrogens is 202 g/mol. The average Bonchev–Trinajstić information content (AvgIpc) is 3.00. The second kappa shape index (κ2) is 3.84. The molecule has 0 bridgehead atoms. The van der Waals surface area contributed by atoms with E-state index in [9.17, 15) is 0 Å². The Balaban J connectivity index is 1.77. The lowest BCUT2D eigenvalue weighted by Crippen LogP contribution is -2.20. The number of hydrogen-bond acceptors (Lipinski definition) is 4. The molecule has 16 heavy (non-hydrogen) atoms. The van der Waals surface area contributed by atoms with Gasteiger partial charge in [0.2, 0.25) is 5.89 Å². The molecule has 2 fully saturated rings. The minimum absolute atomic E-state index is 0.0416. The van der Waals surface area contributed by atoms with Gasteiger partial charge in [-0.1, -0.05) is 24.4 Å². The Kier molecular flexibility index (Phi) is 2.46. The van der Waals surface area contributed by atoms with E-state index in [-0.39, 0.29) is 5.41 Å². The van der Waals surface area contributed by atoms with Gasteiger partial charge in [-0.2, -0.15) is 4.98 Å². The molecule has 0 radical (unpaired) electrons. The maximum atomic E-state index is 5.76. The SMILES string of the molecule is NCC1(c2nc(C3CCCCC3)no2)CC1. The highest BCUT2D eigenvalue weighted by atomic mass is 16.5. The Morgan fingerprint density at radius 1 is 1.25 bits per heavy atom. The van der Waals surface area contributed by atoms with Crippen molar-refractivity contribution in [1.29, 1.82) is 0 Å². The van der Waals surface area contributed by atoms with E-state index in [4.69, 9.17) is 10.3 Å². The van der Waals surface area contributed by atoms with Gasteiger partial charge in [-0.15, -0.1) is 0 Å².